The molecule has 0 aromatic heterocycles. The van der Waals surface area contributed by atoms with Crippen LogP contribution in [0.3, 0.4) is 0 Å². The fourth-order valence-corrected chi connectivity index (χ4v) is 2.11. The molecule has 2 atom stereocenters. The van der Waals surface area contributed by atoms with Gasteiger partial charge >= 0.3 is 0 Å². The van der Waals surface area contributed by atoms with Crippen LogP contribution in [-0.2, 0) is 9.59 Å². The van der Waals surface area contributed by atoms with E-state index in [0.29, 0.717) is 12.5 Å². The maximum absolute atomic E-state index is 11.8. The molecule has 0 radical (unpaired) electrons. The average molecular weight is 369 g/mol. The molecule has 1 rings (SSSR count). The fourth-order valence-electron chi connectivity index (χ4n) is 1.95. The minimum Gasteiger partial charge on any atom is -0.355 e. The number of carbonyl (C=O) groups is 2. The fraction of sp³-hybridized carbons (Fsp3) is 0.529. The minimum absolute atomic E-state index is 0.0757. The van der Waals surface area contributed by atoms with Gasteiger partial charge in [0.2, 0.25) is 11.8 Å². The standard InChI is InChI=1S/C17H25BrN2O2/c1-4-12(3)13-6-8-14(9-7-13)20-16(21)10-11-19-17(22)15(18)5-2/h6-9,12,15H,4-5,10-11H2,1-3H3,(H,19,22)(H,20,21)/t12-,15+/m0/s1. The number of alkyl halides is 1. The summed E-state index contributed by atoms with van der Waals surface area (Å²) < 4.78 is 0. The van der Waals surface area contributed by atoms with Crippen LogP contribution in [0, 0.1) is 0 Å². The molecule has 1 aromatic rings. The molecule has 0 heterocycles. The Kier molecular flexibility index (Phi) is 8.17. The predicted octanol–water partition coefficient (Wildman–Crippen LogP) is 3.82. The van der Waals surface area contributed by atoms with Gasteiger partial charge in [0, 0.05) is 18.7 Å². The van der Waals surface area contributed by atoms with Crippen LogP contribution >= 0.6 is 15.9 Å². The Labute approximate surface area is 141 Å². The molecular formula is C17H25BrN2O2. The molecule has 122 valence electrons. The first-order valence-electron chi connectivity index (χ1n) is 7.79. The van der Waals surface area contributed by atoms with Gasteiger partial charge < -0.3 is 10.6 Å². The summed E-state index contributed by atoms with van der Waals surface area (Å²) in [6.07, 6.45) is 2.08. The van der Waals surface area contributed by atoms with E-state index in [2.05, 4.69) is 40.4 Å². The van der Waals surface area contributed by atoms with Crippen molar-refractivity contribution in [2.24, 2.45) is 0 Å². The Morgan fingerprint density at radius 3 is 2.32 bits per heavy atom. The molecule has 22 heavy (non-hydrogen) atoms. The van der Waals surface area contributed by atoms with Crippen molar-refractivity contribution in [3.8, 4) is 0 Å². The number of amides is 2. The molecule has 4 nitrogen and oxygen atoms in total. The number of hydrogen-bond acceptors (Lipinski definition) is 2. The zero-order valence-corrected chi connectivity index (χ0v) is 15.1. The second-order valence-electron chi connectivity index (χ2n) is 5.40. The second kappa shape index (κ2) is 9.62. The largest absolute Gasteiger partial charge is 0.355 e. The van der Waals surface area contributed by atoms with E-state index in [1.54, 1.807) is 0 Å². The summed E-state index contributed by atoms with van der Waals surface area (Å²) >= 11 is 3.27. The van der Waals surface area contributed by atoms with E-state index >= 15 is 0 Å². The Morgan fingerprint density at radius 1 is 1.14 bits per heavy atom. The van der Waals surface area contributed by atoms with Gasteiger partial charge in [0.05, 0.1) is 4.83 Å². The predicted molar refractivity (Wildman–Crippen MR) is 94.4 cm³/mol. The summed E-state index contributed by atoms with van der Waals surface area (Å²) in [4.78, 5) is 23.2. The lowest BCUT2D eigenvalue weighted by molar-refractivity contribution is -0.120. The SMILES string of the molecule is CC[C@@H](Br)C(=O)NCCC(=O)Nc1ccc([C@@H](C)CC)cc1. The molecule has 0 unspecified atom stereocenters. The van der Waals surface area contributed by atoms with Crippen molar-refractivity contribution in [3.05, 3.63) is 29.8 Å². The molecule has 0 aliphatic carbocycles. The number of anilines is 1. The van der Waals surface area contributed by atoms with Gasteiger partial charge in [-0.15, -0.1) is 0 Å². The van der Waals surface area contributed by atoms with E-state index in [0.717, 1.165) is 18.5 Å². The van der Waals surface area contributed by atoms with Crippen molar-refractivity contribution in [2.45, 2.75) is 50.8 Å². The topological polar surface area (TPSA) is 58.2 Å². The van der Waals surface area contributed by atoms with Crippen molar-refractivity contribution in [2.75, 3.05) is 11.9 Å². The maximum atomic E-state index is 11.8. The van der Waals surface area contributed by atoms with Gasteiger partial charge in [-0.1, -0.05) is 48.8 Å². The highest BCUT2D eigenvalue weighted by molar-refractivity contribution is 9.10. The third-order valence-corrected chi connectivity index (χ3v) is 4.73. The van der Waals surface area contributed by atoms with Gasteiger partial charge in [-0.2, -0.15) is 0 Å². The number of benzene rings is 1. The minimum atomic E-state index is -0.191. The third-order valence-electron chi connectivity index (χ3n) is 3.67. The van der Waals surface area contributed by atoms with Crippen molar-refractivity contribution in [3.63, 3.8) is 0 Å². The van der Waals surface area contributed by atoms with Gasteiger partial charge in [-0.3, -0.25) is 9.59 Å². The molecular weight excluding hydrogens is 344 g/mol. The van der Waals surface area contributed by atoms with Gasteiger partial charge in [-0.25, -0.2) is 0 Å². The van der Waals surface area contributed by atoms with E-state index in [1.165, 1.54) is 5.56 Å². The summed E-state index contributed by atoms with van der Waals surface area (Å²) in [5, 5.41) is 5.58. The van der Waals surface area contributed by atoms with E-state index in [9.17, 15) is 9.59 Å². The quantitative estimate of drug-likeness (QED) is 0.685. The molecule has 5 heteroatoms. The molecule has 1 aromatic carbocycles. The highest BCUT2D eigenvalue weighted by atomic mass is 79.9. The highest BCUT2D eigenvalue weighted by Gasteiger charge is 2.12. The van der Waals surface area contributed by atoms with Gasteiger partial charge in [0.15, 0.2) is 0 Å². The molecule has 2 amide bonds. The van der Waals surface area contributed by atoms with Crippen LogP contribution in [0.1, 0.15) is 51.5 Å². The van der Waals surface area contributed by atoms with Crippen LogP contribution in [-0.4, -0.2) is 23.2 Å². The van der Waals surface area contributed by atoms with E-state index in [-0.39, 0.29) is 23.1 Å². The van der Waals surface area contributed by atoms with Crippen LogP contribution in [0.25, 0.3) is 0 Å². The van der Waals surface area contributed by atoms with Gasteiger partial charge in [-0.05, 0) is 36.5 Å². The number of halogens is 1. The molecule has 0 saturated heterocycles. The Bertz CT molecular complexity index is 488. The average Bonchev–Trinajstić information content (AvgIpc) is 2.53. The Morgan fingerprint density at radius 2 is 1.77 bits per heavy atom. The smallest absolute Gasteiger partial charge is 0.233 e. The van der Waals surface area contributed by atoms with Crippen LogP contribution < -0.4 is 10.6 Å². The maximum Gasteiger partial charge on any atom is 0.233 e. The van der Waals surface area contributed by atoms with Crippen molar-refractivity contribution >= 4 is 33.4 Å². The first-order chi connectivity index (χ1) is 10.5. The Balaban J connectivity index is 2.37. The monoisotopic (exact) mass is 368 g/mol. The molecule has 0 aliphatic rings. The number of nitrogens with one attached hydrogen (secondary N) is 2. The number of rotatable bonds is 8. The molecule has 0 spiro atoms. The zero-order valence-electron chi connectivity index (χ0n) is 13.5. The normalized spacial score (nSPS) is 13.3. The lowest BCUT2D eigenvalue weighted by atomic mass is 9.99. The van der Waals surface area contributed by atoms with E-state index < -0.39 is 0 Å². The van der Waals surface area contributed by atoms with Crippen LogP contribution in [0.4, 0.5) is 5.69 Å². The van der Waals surface area contributed by atoms with Crippen LogP contribution in [0.2, 0.25) is 0 Å². The summed E-state index contributed by atoms with van der Waals surface area (Å²) in [6.45, 7) is 6.61. The molecule has 0 fully saturated rings. The molecule has 0 bridgehead atoms. The molecule has 2 N–H and O–H groups in total. The molecule has 0 saturated carbocycles. The lowest BCUT2D eigenvalue weighted by Crippen LogP contribution is -2.33. The van der Waals surface area contributed by atoms with Gasteiger partial charge in [0.1, 0.15) is 0 Å². The zero-order chi connectivity index (χ0) is 16.5. The van der Waals surface area contributed by atoms with Crippen molar-refractivity contribution < 1.29 is 9.59 Å². The first-order valence-corrected chi connectivity index (χ1v) is 8.71. The number of carbonyl (C=O) groups excluding carboxylic acids is 2. The van der Waals surface area contributed by atoms with E-state index in [1.807, 2.05) is 31.2 Å². The summed E-state index contributed by atoms with van der Waals surface area (Å²) in [5.41, 5.74) is 2.06. The summed E-state index contributed by atoms with van der Waals surface area (Å²) in [6, 6.07) is 7.93. The van der Waals surface area contributed by atoms with E-state index in [4.69, 9.17) is 0 Å². The van der Waals surface area contributed by atoms with Crippen LogP contribution in [0.5, 0.6) is 0 Å². The summed E-state index contributed by atoms with van der Waals surface area (Å²) in [7, 11) is 0. The lowest BCUT2D eigenvalue weighted by Gasteiger charge is -2.11. The highest BCUT2D eigenvalue weighted by Crippen LogP contribution is 2.20. The molecule has 0 aliphatic heterocycles. The summed E-state index contributed by atoms with van der Waals surface area (Å²) in [5.74, 6) is 0.350. The van der Waals surface area contributed by atoms with Gasteiger partial charge in [0.25, 0.3) is 0 Å². The third kappa shape index (κ3) is 6.18. The second-order valence-corrected chi connectivity index (χ2v) is 6.50. The van der Waals surface area contributed by atoms with Crippen molar-refractivity contribution in [1.82, 2.24) is 5.32 Å². The van der Waals surface area contributed by atoms with Crippen LogP contribution in [0.15, 0.2) is 24.3 Å². The van der Waals surface area contributed by atoms with Crippen molar-refractivity contribution in [1.29, 1.82) is 0 Å². The Hall–Kier alpha value is -1.36. The first kappa shape index (κ1) is 18.7. The number of hydrogen-bond donors (Lipinski definition) is 2.